The van der Waals surface area contributed by atoms with Gasteiger partial charge < -0.3 is 5.32 Å². The van der Waals surface area contributed by atoms with Crippen molar-refractivity contribution in [2.24, 2.45) is 0 Å². The van der Waals surface area contributed by atoms with E-state index in [9.17, 15) is 0 Å². The first-order valence-electron chi connectivity index (χ1n) is 5.11. The molecule has 0 aromatic heterocycles. The summed E-state index contributed by atoms with van der Waals surface area (Å²) in [6.45, 7) is 7.75. The van der Waals surface area contributed by atoms with Crippen molar-refractivity contribution in [3.63, 3.8) is 0 Å². The summed E-state index contributed by atoms with van der Waals surface area (Å²) in [6.07, 6.45) is 4.17. The van der Waals surface area contributed by atoms with Gasteiger partial charge in [-0.1, -0.05) is 39.0 Å². The summed E-state index contributed by atoms with van der Waals surface area (Å²) in [5, 5.41) is 3.27. The highest BCUT2D eigenvalue weighted by Gasteiger charge is 2.19. The van der Waals surface area contributed by atoms with Crippen LogP contribution in [0.5, 0.6) is 0 Å². The van der Waals surface area contributed by atoms with E-state index >= 15 is 0 Å². The van der Waals surface area contributed by atoms with Crippen LogP contribution in [0.4, 0.5) is 0 Å². The highest BCUT2D eigenvalue weighted by atomic mass is 14.8. The molecule has 1 nitrogen and oxygen atoms in total. The summed E-state index contributed by atoms with van der Waals surface area (Å²) in [6, 6.07) is 6.57. The molecular weight excluding hydrogens is 170 g/mol. The number of benzene rings is 1. The number of hydrogen-bond donors (Lipinski definition) is 1. The largest absolute Gasteiger partial charge is 0.387 e. The Morgan fingerprint density at radius 1 is 1.21 bits per heavy atom. The lowest BCUT2D eigenvalue weighted by atomic mass is 9.81. The van der Waals surface area contributed by atoms with Crippen LogP contribution in [0, 0.1) is 0 Å². The Hall–Kier alpha value is -1.24. The van der Waals surface area contributed by atoms with Crippen molar-refractivity contribution in [2.75, 3.05) is 0 Å². The smallest absolute Gasteiger partial charge is 0.0404 e. The fraction of sp³-hybridized carbons (Fsp3) is 0.385. The molecule has 1 N–H and O–H groups in total. The van der Waals surface area contributed by atoms with Crippen molar-refractivity contribution in [3.8, 4) is 0 Å². The second-order valence-corrected chi connectivity index (χ2v) is 4.84. The zero-order valence-electron chi connectivity index (χ0n) is 9.09. The van der Waals surface area contributed by atoms with Crippen molar-refractivity contribution in [2.45, 2.75) is 32.7 Å². The van der Waals surface area contributed by atoms with Gasteiger partial charge in [0, 0.05) is 6.54 Å². The third kappa shape index (κ3) is 1.54. The molecule has 1 heteroatoms. The molecule has 0 saturated carbocycles. The van der Waals surface area contributed by atoms with Crippen LogP contribution < -0.4 is 5.32 Å². The zero-order valence-corrected chi connectivity index (χ0v) is 9.09. The van der Waals surface area contributed by atoms with Crippen LogP contribution in [0.3, 0.4) is 0 Å². The highest BCUT2D eigenvalue weighted by molar-refractivity contribution is 5.58. The Morgan fingerprint density at radius 3 is 2.71 bits per heavy atom. The molecule has 1 aromatic carbocycles. The van der Waals surface area contributed by atoms with Gasteiger partial charge in [0.25, 0.3) is 0 Å². The first-order valence-corrected chi connectivity index (χ1v) is 5.11. The van der Waals surface area contributed by atoms with Gasteiger partial charge in [-0.2, -0.15) is 0 Å². The summed E-state index contributed by atoms with van der Waals surface area (Å²) in [5.74, 6) is 0. The fourth-order valence-corrected chi connectivity index (χ4v) is 1.97. The summed E-state index contributed by atoms with van der Waals surface area (Å²) in [7, 11) is 0. The monoisotopic (exact) mass is 187 g/mol. The normalized spacial score (nSPS) is 14.8. The molecule has 74 valence electrons. The SMILES string of the molecule is CC(C)(C)c1cccc2c1CNC=C2. The van der Waals surface area contributed by atoms with Gasteiger partial charge in [-0.05, 0) is 34.4 Å². The van der Waals surface area contributed by atoms with Gasteiger partial charge in [0.1, 0.15) is 0 Å². The summed E-state index contributed by atoms with van der Waals surface area (Å²) >= 11 is 0. The van der Waals surface area contributed by atoms with E-state index in [0.717, 1.165) is 6.54 Å². The van der Waals surface area contributed by atoms with E-state index in [2.05, 4.69) is 50.4 Å². The lowest BCUT2D eigenvalue weighted by molar-refractivity contribution is 0.579. The first-order chi connectivity index (χ1) is 6.59. The third-order valence-corrected chi connectivity index (χ3v) is 2.68. The topological polar surface area (TPSA) is 12.0 Å². The molecule has 2 rings (SSSR count). The molecule has 1 aliphatic heterocycles. The van der Waals surface area contributed by atoms with Gasteiger partial charge in [-0.3, -0.25) is 0 Å². The van der Waals surface area contributed by atoms with Crippen LogP contribution in [0.1, 0.15) is 37.5 Å². The fourth-order valence-electron chi connectivity index (χ4n) is 1.97. The molecule has 0 spiro atoms. The lowest BCUT2D eigenvalue weighted by Gasteiger charge is -2.25. The molecule has 0 amide bonds. The predicted octanol–water partition coefficient (Wildman–Crippen LogP) is 3.06. The van der Waals surface area contributed by atoms with Gasteiger partial charge in [0.2, 0.25) is 0 Å². The zero-order chi connectivity index (χ0) is 10.2. The van der Waals surface area contributed by atoms with Gasteiger partial charge in [-0.25, -0.2) is 0 Å². The van der Waals surface area contributed by atoms with Crippen LogP contribution in [0.2, 0.25) is 0 Å². The standard InChI is InChI=1S/C13H17N/c1-13(2,3)12-6-4-5-10-7-8-14-9-11(10)12/h4-8,14H,9H2,1-3H3. The minimum absolute atomic E-state index is 0.234. The molecule has 1 aliphatic rings. The third-order valence-electron chi connectivity index (χ3n) is 2.68. The maximum absolute atomic E-state index is 3.27. The van der Waals surface area contributed by atoms with Crippen molar-refractivity contribution in [1.82, 2.24) is 5.32 Å². The average Bonchev–Trinajstić information content (AvgIpc) is 2.15. The van der Waals surface area contributed by atoms with E-state index in [1.54, 1.807) is 0 Å². The summed E-state index contributed by atoms with van der Waals surface area (Å²) in [4.78, 5) is 0. The van der Waals surface area contributed by atoms with E-state index < -0.39 is 0 Å². The Morgan fingerprint density at radius 2 is 2.00 bits per heavy atom. The van der Waals surface area contributed by atoms with Crippen LogP contribution in [0.25, 0.3) is 6.08 Å². The van der Waals surface area contributed by atoms with E-state index in [-0.39, 0.29) is 5.41 Å². The predicted molar refractivity (Wildman–Crippen MR) is 61.0 cm³/mol. The molecule has 0 aliphatic carbocycles. The van der Waals surface area contributed by atoms with E-state index in [1.165, 1.54) is 16.7 Å². The Labute approximate surface area is 85.8 Å². The van der Waals surface area contributed by atoms with E-state index in [0.29, 0.717) is 0 Å². The van der Waals surface area contributed by atoms with Crippen LogP contribution in [-0.4, -0.2) is 0 Å². The maximum atomic E-state index is 3.27. The van der Waals surface area contributed by atoms with Crippen molar-refractivity contribution in [1.29, 1.82) is 0 Å². The summed E-state index contributed by atoms with van der Waals surface area (Å²) in [5.41, 5.74) is 4.49. The van der Waals surface area contributed by atoms with Gasteiger partial charge >= 0.3 is 0 Å². The molecular formula is C13H17N. The minimum atomic E-state index is 0.234. The van der Waals surface area contributed by atoms with Crippen LogP contribution in [-0.2, 0) is 12.0 Å². The van der Waals surface area contributed by atoms with Crippen molar-refractivity contribution >= 4 is 6.08 Å². The first kappa shape index (κ1) is 9.32. The summed E-state index contributed by atoms with van der Waals surface area (Å²) < 4.78 is 0. The molecule has 0 unspecified atom stereocenters. The lowest BCUT2D eigenvalue weighted by Crippen LogP contribution is -2.20. The number of fused-ring (bicyclic) bond motifs is 1. The Kier molecular flexibility index (Phi) is 2.10. The number of rotatable bonds is 0. The van der Waals surface area contributed by atoms with Crippen molar-refractivity contribution < 1.29 is 0 Å². The Balaban J connectivity index is 2.57. The molecule has 0 atom stereocenters. The number of hydrogen-bond acceptors (Lipinski definition) is 1. The highest BCUT2D eigenvalue weighted by Crippen LogP contribution is 2.29. The second-order valence-electron chi connectivity index (χ2n) is 4.84. The quantitative estimate of drug-likeness (QED) is 0.658. The molecule has 14 heavy (non-hydrogen) atoms. The molecule has 0 bridgehead atoms. The minimum Gasteiger partial charge on any atom is -0.387 e. The van der Waals surface area contributed by atoms with E-state index in [1.807, 2.05) is 6.20 Å². The molecule has 1 heterocycles. The second kappa shape index (κ2) is 3.16. The van der Waals surface area contributed by atoms with Crippen LogP contribution in [0.15, 0.2) is 24.4 Å². The number of nitrogens with one attached hydrogen (secondary N) is 1. The van der Waals surface area contributed by atoms with Crippen molar-refractivity contribution in [3.05, 3.63) is 41.1 Å². The van der Waals surface area contributed by atoms with E-state index in [4.69, 9.17) is 0 Å². The molecule has 0 saturated heterocycles. The van der Waals surface area contributed by atoms with Crippen LogP contribution >= 0.6 is 0 Å². The van der Waals surface area contributed by atoms with Gasteiger partial charge in [-0.15, -0.1) is 0 Å². The Bertz CT molecular complexity index is 369. The molecule has 0 fully saturated rings. The molecule has 0 radical (unpaired) electrons. The molecule has 1 aromatic rings. The van der Waals surface area contributed by atoms with Gasteiger partial charge in [0.15, 0.2) is 0 Å². The van der Waals surface area contributed by atoms with Gasteiger partial charge in [0.05, 0.1) is 0 Å². The average molecular weight is 187 g/mol. The maximum Gasteiger partial charge on any atom is 0.0404 e.